The van der Waals surface area contributed by atoms with E-state index in [-0.39, 0.29) is 24.8 Å². The molecule has 4 rings (SSSR count). The van der Waals surface area contributed by atoms with Crippen molar-refractivity contribution in [2.24, 2.45) is 0 Å². The molecule has 1 amide bonds. The Morgan fingerprint density at radius 2 is 1.73 bits per heavy atom. The third-order valence-electron chi connectivity index (χ3n) is 5.30. The number of nitrogens with one attached hydrogen (secondary N) is 1. The van der Waals surface area contributed by atoms with Crippen LogP contribution in [0.4, 0.5) is 4.79 Å². The fourth-order valence-corrected chi connectivity index (χ4v) is 4.15. The zero-order chi connectivity index (χ0) is 21.1. The SMILES string of the molecule is Cc1cc(Cl)cc(C=CCNC(=O)OCC2c3ccccc3-c3ccccc32)c1O. The first kappa shape index (κ1) is 20.0. The summed E-state index contributed by atoms with van der Waals surface area (Å²) in [5.41, 5.74) is 6.06. The summed E-state index contributed by atoms with van der Waals surface area (Å²) >= 11 is 6.03. The predicted molar refractivity (Wildman–Crippen MR) is 120 cm³/mol. The Bertz CT molecular complexity index is 1080. The molecule has 4 nitrogen and oxygen atoms in total. The van der Waals surface area contributed by atoms with E-state index < -0.39 is 6.09 Å². The number of amides is 1. The van der Waals surface area contributed by atoms with Crippen LogP contribution in [0.25, 0.3) is 17.2 Å². The average Bonchev–Trinajstić information content (AvgIpc) is 3.07. The predicted octanol–water partition coefficient (Wildman–Crippen LogP) is 5.91. The molecule has 0 saturated heterocycles. The standard InChI is InChI=1S/C25H22ClNO3/c1-16-13-18(26)14-17(24(16)28)7-6-12-27-25(29)30-15-23-21-10-4-2-8-19(21)20-9-3-5-11-22(20)23/h2-11,13-14,23,28H,12,15H2,1H3,(H,27,29). The maximum absolute atomic E-state index is 12.2. The second kappa shape index (κ2) is 8.64. The number of carbonyl (C=O) groups excluding carboxylic acids is 1. The van der Waals surface area contributed by atoms with Gasteiger partial charge in [-0.15, -0.1) is 0 Å². The molecule has 3 aromatic carbocycles. The Morgan fingerprint density at radius 1 is 1.10 bits per heavy atom. The lowest BCUT2D eigenvalue weighted by Crippen LogP contribution is -2.26. The summed E-state index contributed by atoms with van der Waals surface area (Å²) < 4.78 is 5.50. The minimum Gasteiger partial charge on any atom is -0.507 e. The highest BCUT2D eigenvalue weighted by molar-refractivity contribution is 6.30. The number of hydrogen-bond donors (Lipinski definition) is 2. The van der Waals surface area contributed by atoms with Gasteiger partial charge in [0, 0.05) is 23.0 Å². The van der Waals surface area contributed by atoms with Crippen LogP contribution in [0.15, 0.2) is 66.7 Å². The van der Waals surface area contributed by atoms with Crippen LogP contribution < -0.4 is 5.32 Å². The van der Waals surface area contributed by atoms with E-state index in [4.69, 9.17) is 16.3 Å². The topological polar surface area (TPSA) is 58.6 Å². The van der Waals surface area contributed by atoms with Crippen molar-refractivity contribution in [2.45, 2.75) is 12.8 Å². The molecule has 5 heteroatoms. The van der Waals surface area contributed by atoms with E-state index in [9.17, 15) is 9.90 Å². The van der Waals surface area contributed by atoms with E-state index in [0.717, 1.165) is 0 Å². The second-order valence-electron chi connectivity index (χ2n) is 7.27. The lowest BCUT2D eigenvalue weighted by Gasteiger charge is -2.14. The fourth-order valence-electron chi connectivity index (χ4n) is 3.87. The molecule has 0 fully saturated rings. The van der Waals surface area contributed by atoms with Crippen molar-refractivity contribution in [3.63, 3.8) is 0 Å². The summed E-state index contributed by atoms with van der Waals surface area (Å²) in [6.07, 6.45) is 2.98. The zero-order valence-electron chi connectivity index (χ0n) is 16.6. The molecule has 0 radical (unpaired) electrons. The normalized spacial score (nSPS) is 12.6. The molecule has 0 saturated carbocycles. The number of benzene rings is 3. The Morgan fingerprint density at radius 3 is 2.40 bits per heavy atom. The van der Waals surface area contributed by atoms with Crippen molar-refractivity contribution in [3.05, 3.63) is 94.0 Å². The van der Waals surface area contributed by atoms with Crippen LogP contribution >= 0.6 is 11.6 Å². The summed E-state index contributed by atoms with van der Waals surface area (Å²) in [5, 5.41) is 13.3. The monoisotopic (exact) mass is 419 g/mol. The van der Waals surface area contributed by atoms with Crippen LogP contribution in [-0.2, 0) is 4.74 Å². The number of hydrogen-bond acceptors (Lipinski definition) is 3. The highest BCUT2D eigenvalue weighted by atomic mass is 35.5. The maximum atomic E-state index is 12.2. The molecule has 1 aliphatic carbocycles. The highest BCUT2D eigenvalue weighted by Gasteiger charge is 2.28. The molecule has 152 valence electrons. The summed E-state index contributed by atoms with van der Waals surface area (Å²) in [5.74, 6) is 0.210. The maximum Gasteiger partial charge on any atom is 0.407 e. The quantitative estimate of drug-likeness (QED) is 0.540. The number of rotatable bonds is 5. The van der Waals surface area contributed by atoms with Crippen LogP contribution in [0.3, 0.4) is 0 Å². The second-order valence-corrected chi connectivity index (χ2v) is 7.71. The summed E-state index contributed by atoms with van der Waals surface area (Å²) in [7, 11) is 0. The van der Waals surface area contributed by atoms with E-state index in [1.165, 1.54) is 22.3 Å². The van der Waals surface area contributed by atoms with Crippen LogP contribution in [0, 0.1) is 6.92 Å². The first-order valence-electron chi connectivity index (χ1n) is 9.79. The average molecular weight is 420 g/mol. The molecule has 0 bridgehead atoms. The molecule has 0 atom stereocenters. The highest BCUT2D eigenvalue weighted by Crippen LogP contribution is 2.44. The van der Waals surface area contributed by atoms with Gasteiger partial charge in [0.05, 0.1) is 0 Å². The third-order valence-corrected chi connectivity index (χ3v) is 5.52. The van der Waals surface area contributed by atoms with Gasteiger partial charge in [0.15, 0.2) is 0 Å². The number of halogens is 1. The lowest BCUT2D eigenvalue weighted by atomic mass is 9.98. The van der Waals surface area contributed by atoms with Crippen LogP contribution in [0.1, 0.15) is 28.2 Å². The molecule has 30 heavy (non-hydrogen) atoms. The van der Waals surface area contributed by atoms with Gasteiger partial charge in [-0.25, -0.2) is 4.79 Å². The molecule has 3 aromatic rings. The third kappa shape index (κ3) is 4.05. The Hall–Kier alpha value is -3.24. The van der Waals surface area contributed by atoms with Crippen LogP contribution in [0.2, 0.25) is 5.02 Å². The van der Waals surface area contributed by atoms with Crippen molar-refractivity contribution in [2.75, 3.05) is 13.2 Å². The Balaban J connectivity index is 1.35. The number of aromatic hydroxyl groups is 1. The van der Waals surface area contributed by atoms with E-state index in [1.807, 2.05) is 24.3 Å². The van der Waals surface area contributed by atoms with Crippen molar-refractivity contribution < 1.29 is 14.6 Å². The number of phenols is 1. The van der Waals surface area contributed by atoms with E-state index in [1.54, 1.807) is 31.2 Å². The van der Waals surface area contributed by atoms with Crippen molar-refractivity contribution >= 4 is 23.8 Å². The molecular weight excluding hydrogens is 398 g/mol. The van der Waals surface area contributed by atoms with E-state index in [0.29, 0.717) is 16.1 Å². The number of fused-ring (bicyclic) bond motifs is 3. The van der Waals surface area contributed by atoms with Gasteiger partial charge in [0.1, 0.15) is 12.4 Å². The van der Waals surface area contributed by atoms with Gasteiger partial charge in [-0.1, -0.05) is 72.3 Å². The summed E-state index contributed by atoms with van der Waals surface area (Å²) in [6.45, 7) is 2.34. The first-order chi connectivity index (χ1) is 14.5. The Labute approximate surface area is 180 Å². The fraction of sp³-hybridized carbons (Fsp3) is 0.160. The molecule has 0 heterocycles. The number of ether oxygens (including phenoxy) is 1. The molecule has 0 spiro atoms. The molecule has 2 N–H and O–H groups in total. The molecule has 1 aliphatic rings. The number of alkyl carbamates (subject to hydrolysis) is 1. The van der Waals surface area contributed by atoms with E-state index in [2.05, 4.69) is 29.6 Å². The number of aryl methyl sites for hydroxylation is 1. The van der Waals surface area contributed by atoms with Gasteiger partial charge in [0.2, 0.25) is 0 Å². The smallest absolute Gasteiger partial charge is 0.407 e. The Kier molecular flexibility index (Phi) is 5.77. The number of carbonyl (C=O) groups is 1. The van der Waals surface area contributed by atoms with E-state index >= 15 is 0 Å². The van der Waals surface area contributed by atoms with Crippen molar-refractivity contribution in [1.82, 2.24) is 5.32 Å². The minimum atomic E-state index is -0.479. The number of phenolic OH excluding ortho intramolecular Hbond substituents is 1. The van der Waals surface area contributed by atoms with Crippen molar-refractivity contribution in [3.8, 4) is 16.9 Å². The summed E-state index contributed by atoms with van der Waals surface area (Å²) in [6, 6.07) is 19.8. The van der Waals surface area contributed by atoms with Crippen molar-refractivity contribution in [1.29, 1.82) is 0 Å². The first-order valence-corrected chi connectivity index (χ1v) is 10.2. The van der Waals surface area contributed by atoms with Gasteiger partial charge in [-0.2, -0.15) is 0 Å². The van der Waals surface area contributed by atoms with Gasteiger partial charge >= 0.3 is 6.09 Å². The molecule has 0 aromatic heterocycles. The molecule has 0 aliphatic heterocycles. The van der Waals surface area contributed by atoms with Gasteiger partial charge in [-0.3, -0.25) is 0 Å². The largest absolute Gasteiger partial charge is 0.507 e. The zero-order valence-corrected chi connectivity index (χ0v) is 17.3. The van der Waals surface area contributed by atoms with Crippen LogP contribution in [-0.4, -0.2) is 24.4 Å². The molecule has 0 unspecified atom stereocenters. The van der Waals surface area contributed by atoms with Gasteiger partial charge in [0.25, 0.3) is 0 Å². The molecular formula is C25H22ClNO3. The lowest BCUT2D eigenvalue weighted by molar-refractivity contribution is 0.144. The minimum absolute atomic E-state index is 0.0325. The summed E-state index contributed by atoms with van der Waals surface area (Å²) in [4.78, 5) is 12.2. The van der Waals surface area contributed by atoms with Gasteiger partial charge < -0.3 is 15.2 Å². The van der Waals surface area contributed by atoms with Crippen LogP contribution in [0.5, 0.6) is 5.75 Å². The van der Waals surface area contributed by atoms with Gasteiger partial charge in [-0.05, 0) is 46.9 Å².